The summed E-state index contributed by atoms with van der Waals surface area (Å²) in [5, 5.41) is 8.11. The average molecular weight is 251 g/mol. The third kappa shape index (κ3) is 1.66. The van der Waals surface area contributed by atoms with Crippen LogP contribution in [-0.4, -0.2) is 26.1 Å². The number of nitrogens with zero attached hydrogens (tertiary/aromatic N) is 5. The molecule has 0 fully saturated rings. The minimum Gasteiger partial charge on any atom is -0.349 e. The Labute approximate surface area is 110 Å². The summed E-state index contributed by atoms with van der Waals surface area (Å²) in [4.78, 5) is 6.75. The smallest absolute Gasteiger partial charge is 0.203 e. The first-order chi connectivity index (χ1) is 9.42. The Morgan fingerprint density at radius 1 is 1.11 bits per heavy atom. The molecule has 3 heterocycles. The Kier molecular flexibility index (Phi) is 2.24. The second-order valence-electron chi connectivity index (χ2n) is 4.75. The van der Waals surface area contributed by atoms with E-state index in [1.807, 2.05) is 10.6 Å². The Morgan fingerprint density at radius 3 is 2.95 bits per heavy atom. The number of benzene rings is 1. The van der Waals surface area contributed by atoms with Gasteiger partial charge in [0, 0.05) is 25.5 Å². The van der Waals surface area contributed by atoms with Gasteiger partial charge >= 0.3 is 0 Å². The third-order valence-corrected chi connectivity index (χ3v) is 3.63. The Hall–Kier alpha value is -2.43. The molecule has 1 aliphatic rings. The van der Waals surface area contributed by atoms with E-state index in [1.165, 1.54) is 11.1 Å². The van der Waals surface area contributed by atoms with Crippen molar-refractivity contribution in [3.63, 3.8) is 0 Å². The molecule has 0 saturated carbocycles. The van der Waals surface area contributed by atoms with Gasteiger partial charge in [-0.15, -0.1) is 10.2 Å². The topological polar surface area (TPSA) is 46.3 Å². The summed E-state index contributed by atoms with van der Waals surface area (Å²) >= 11 is 0. The first kappa shape index (κ1) is 10.5. The van der Waals surface area contributed by atoms with Gasteiger partial charge in [-0.2, -0.15) is 0 Å². The lowest BCUT2D eigenvalue weighted by molar-refractivity contribution is 0.720. The first-order valence-corrected chi connectivity index (χ1v) is 6.38. The molecule has 5 nitrogen and oxygen atoms in total. The highest BCUT2D eigenvalue weighted by Crippen LogP contribution is 2.24. The van der Waals surface area contributed by atoms with E-state index < -0.39 is 0 Å². The molecule has 1 aliphatic heterocycles. The summed E-state index contributed by atoms with van der Waals surface area (Å²) < 4.78 is 1.91. The molecule has 5 heteroatoms. The second-order valence-corrected chi connectivity index (χ2v) is 4.75. The largest absolute Gasteiger partial charge is 0.349 e. The summed E-state index contributed by atoms with van der Waals surface area (Å²) in [6.07, 6.45) is 6.42. The molecule has 1 aromatic carbocycles. The number of hydrogen-bond donors (Lipinski definition) is 0. The maximum atomic E-state index is 4.48. The zero-order chi connectivity index (χ0) is 12.7. The standard InChI is InChI=1S/C14H13N5/c1-2-4-12-9-18(7-5-11(12)3-1)13-14-17-16-10-19(14)8-6-15-13/h1-4,6,8,10H,5,7,9H2. The summed E-state index contributed by atoms with van der Waals surface area (Å²) in [5.41, 5.74) is 3.63. The van der Waals surface area contributed by atoms with Crippen molar-refractivity contribution >= 4 is 11.5 Å². The van der Waals surface area contributed by atoms with Crippen LogP contribution in [0.2, 0.25) is 0 Å². The van der Waals surface area contributed by atoms with Gasteiger partial charge in [-0.1, -0.05) is 24.3 Å². The fraction of sp³-hybridized carbons (Fsp3) is 0.214. The molecule has 0 N–H and O–H groups in total. The molecule has 0 spiro atoms. The molecular weight excluding hydrogens is 238 g/mol. The molecule has 0 amide bonds. The SMILES string of the molecule is c1ccc2c(c1)CCN(c1nccn3cnnc13)C2. The highest BCUT2D eigenvalue weighted by molar-refractivity contribution is 5.64. The van der Waals surface area contributed by atoms with Crippen LogP contribution in [0.1, 0.15) is 11.1 Å². The van der Waals surface area contributed by atoms with Gasteiger partial charge in [0.25, 0.3) is 0 Å². The number of rotatable bonds is 1. The fourth-order valence-electron chi connectivity index (χ4n) is 2.64. The summed E-state index contributed by atoms with van der Waals surface area (Å²) in [7, 11) is 0. The molecule has 0 unspecified atom stereocenters. The zero-order valence-electron chi connectivity index (χ0n) is 10.4. The van der Waals surface area contributed by atoms with Crippen LogP contribution in [-0.2, 0) is 13.0 Å². The molecule has 0 bridgehead atoms. The predicted octanol–water partition coefficient (Wildman–Crippen LogP) is 1.69. The van der Waals surface area contributed by atoms with Gasteiger partial charge in [-0.3, -0.25) is 4.40 Å². The molecule has 4 rings (SSSR count). The summed E-state index contributed by atoms with van der Waals surface area (Å²) in [6.45, 7) is 1.85. The summed E-state index contributed by atoms with van der Waals surface area (Å²) in [5.74, 6) is 0.912. The van der Waals surface area contributed by atoms with Crippen molar-refractivity contribution in [1.29, 1.82) is 0 Å². The maximum absolute atomic E-state index is 4.48. The number of aromatic nitrogens is 4. The molecule has 0 aliphatic carbocycles. The van der Waals surface area contributed by atoms with E-state index in [9.17, 15) is 0 Å². The molecule has 3 aromatic rings. The Morgan fingerprint density at radius 2 is 2.00 bits per heavy atom. The van der Waals surface area contributed by atoms with Crippen LogP contribution in [0.15, 0.2) is 43.0 Å². The lowest BCUT2D eigenvalue weighted by Crippen LogP contribution is -2.31. The van der Waals surface area contributed by atoms with Crippen molar-refractivity contribution in [2.45, 2.75) is 13.0 Å². The highest BCUT2D eigenvalue weighted by atomic mass is 15.3. The second kappa shape index (κ2) is 4.05. The summed E-state index contributed by atoms with van der Waals surface area (Å²) in [6, 6.07) is 8.59. The van der Waals surface area contributed by atoms with Crippen LogP contribution in [0, 0.1) is 0 Å². The van der Waals surface area contributed by atoms with Crippen LogP contribution >= 0.6 is 0 Å². The molecule has 19 heavy (non-hydrogen) atoms. The van der Waals surface area contributed by atoms with E-state index in [2.05, 4.69) is 44.3 Å². The van der Waals surface area contributed by atoms with Gasteiger partial charge in [0.2, 0.25) is 5.65 Å². The number of fused-ring (bicyclic) bond motifs is 2. The van der Waals surface area contributed by atoms with Crippen LogP contribution in [0.5, 0.6) is 0 Å². The fourth-order valence-corrected chi connectivity index (χ4v) is 2.64. The van der Waals surface area contributed by atoms with Gasteiger partial charge in [0.15, 0.2) is 5.82 Å². The van der Waals surface area contributed by atoms with Crippen molar-refractivity contribution in [3.05, 3.63) is 54.1 Å². The minimum atomic E-state index is 0.821. The molecule has 0 saturated heterocycles. The van der Waals surface area contributed by atoms with Crippen molar-refractivity contribution in [2.24, 2.45) is 0 Å². The van der Waals surface area contributed by atoms with Crippen molar-refractivity contribution in [1.82, 2.24) is 19.6 Å². The molecular formula is C14H13N5. The van der Waals surface area contributed by atoms with E-state index >= 15 is 0 Å². The average Bonchev–Trinajstić information content (AvgIpc) is 2.95. The van der Waals surface area contributed by atoms with E-state index in [0.29, 0.717) is 0 Å². The maximum Gasteiger partial charge on any atom is 0.203 e. The van der Waals surface area contributed by atoms with Crippen LogP contribution in [0.4, 0.5) is 5.82 Å². The lowest BCUT2D eigenvalue weighted by atomic mass is 10.00. The van der Waals surface area contributed by atoms with Crippen LogP contribution < -0.4 is 4.90 Å². The van der Waals surface area contributed by atoms with Crippen molar-refractivity contribution in [2.75, 3.05) is 11.4 Å². The Balaban J connectivity index is 1.77. The van der Waals surface area contributed by atoms with Crippen molar-refractivity contribution < 1.29 is 0 Å². The first-order valence-electron chi connectivity index (χ1n) is 6.38. The monoisotopic (exact) mass is 251 g/mol. The quantitative estimate of drug-likeness (QED) is 0.660. The number of anilines is 1. The van der Waals surface area contributed by atoms with Crippen LogP contribution in [0.3, 0.4) is 0 Å². The van der Waals surface area contributed by atoms with Gasteiger partial charge in [-0.25, -0.2) is 4.98 Å². The minimum absolute atomic E-state index is 0.821. The van der Waals surface area contributed by atoms with Gasteiger partial charge in [0.1, 0.15) is 6.33 Å². The third-order valence-electron chi connectivity index (χ3n) is 3.63. The van der Waals surface area contributed by atoms with E-state index in [1.54, 1.807) is 12.5 Å². The molecule has 2 aromatic heterocycles. The molecule has 0 radical (unpaired) electrons. The van der Waals surface area contributed by atoms with Gasteiger partial charge in [0.05, 0.1) is 0 Å². The number of hydrogen-bond acceptors (Lipinski definition) is 4. The highest BCUT2D eigenvalue weighted by Gasteiger charge is 2.19. The van der Waals surface area contributed by atoms with Crippen LogP contribution in [0.25, 0.3) is 5.65 Å². The predicted molar refractivity (Wildman–Crippen MR) is 72.0 cm³/mol. The van der Waals surface area contributed by atoms with E-state index in [0.717, 1.165) is 31.0 Å². The lowest BCUT2D eigenvalue weighted by Gasteiger charge is -2.29. The van der Waals surface area contributed by atoms with Crippen molar-refractivity contribution in [3.8, 4) is 0 Å². The van der Waals surface area contributed by atoms with E-state index in [-0.39, 0.29) is 0 Å². The van der Waals surface area contributed by atoms with Gasteiger partial charge < -0.3 is 4.90 Å². The molecule has 0 atom stereocenters. The van der Waals surface area contributed by atoms with E-state index in [4.69, 9.17) is 0 Å². The zero-order valence-corrected chi connectivity index (χ0v) is 10.4. The molecule has 94 valence electrons. The van der Waals surface area contributed by atoms with Gasteiger partial charge in [-0.05, 0) is 17.5 Å². The normalized spacial score (nSPS) is 14.6. The Bertz CT molecular complexity index is 733.